The van der Waals surface area contributed by atoms with Crippen molar-refractivity contribution in [1.82, 2.24) is 4.90 Å². The molecule has 0 atom stereocenters. The number of nitrogens with two attached hydrogens (primary N) is 1. The van der Waals surface area contributed by atoms with Crippen molar-refractivity contribution in [2.24, 2.45) is 5.73 Å². The smallest absolute Gasteiger partial charge is 0.0791 e. The van der Waals surface area contributed by atoms with Crippen molar-refractivity contribution >= 4 is 17.2 Å². The average molecular weight is 200 g/mol. The summed E-state index contributed by atoms with van der Waals surface area (Å²) >= 11 is 5.30. The zero-order valence-electron chi connectivity index (χ0n) is 8.46. The second-order valence-corrected chi connectivity index (χ2v) is 4.31. The van der Waals surface area contributed by atoms with E-state index < -0.39 is 0 Å². The second kappa shape index (κ2) is 5.55. The van der Waals surface area contributed by atoms with Crippen LogP contribution in [0.5, 0.6) is 0 Å². The highest BCUT2D eigenvalue weighted by Gasteiger charge is 2.18. The van der Waals surface area contributed by atoms with Gasteiger partial charge < -0.3 is 10.6 Å². The zero-order valence-corrected chi connectivity index (χ0v) is 9.28. The Hall–Kier alpha value is -0.150. The SMILES string of the molecule is CN(C(=S)CCN)C1CCCCC1. The van der Waals surface area contributed by atoms with E-state index in [9.17, 15) is 0 Å². The topological polar surface area (TPSA) is 29.3 Å². The van der Waals surface area contributed by atoms with Gasteiger partial charge in [0.25, 0.3) is 0 Å². The Morgan fingerprint density at radius 2 is 2.00 bits per heavy atom. The Morgan fingerprint density at radius 3 is 2.54 bits per heavy atom. The maximum Gasteiger partial charge on any atom is 0.0791 e. The van der Waals surface area contributed by atoms with Crippen LogP contribution in [-0.4, -0.2) is 29.5 Å². The summed E-state index contributed by atoms with van der Waals surface area (Å²) in [5.41, 5.74) is 5.48. The Kier molecular flexibility index (Phi) is 4.67. The molecule has 1 rings (SSSR count). The van der Waals surface area contributed by atoms with Crippen molar-refractivity contribution in [3.05, 3.63) is 0 Å². The van der Waals surface area contributed by atoms with Crippen molar-refractivity contribution in [1.29, 1.82) is 0 Å². The van der Waals surface area contributed by atoms with E-state index >= 15 is 0 Å². The Morgan fingerprint density at radius 1 is 1.38 bits per heavy atom. The van der Waals surface area contributed by atoms with Crippen LogP contribution in [0.15, 0.2) is 0 Å². The fourth-order valence-corrected chi connectivity index (χ4v) is 2.24. The fraction of sp³-hybridized carbons (Fsp3) is 0.900. The van der Waals surface area contributed by atoms with Crippen LogP contribution in [0.2, 0.25) is 0 Å². The molecule has 1 aliphatic rings. The lowest BCUT2D eigenvalue weighted by atomic mass is 9.94. The van der Waals surface area contributed by atoms with Gasteiger partial charge in [-0.15, -0.1) is 0 Å². The molecule has 13 heavy (non-hydrogen) atoms. The highest BCUT2D eigenvalue weighted by atomic mass is 32.1. The monoisotopic (exact) mass is 200 g/mol. The van der Waals surface area contributed by atoms with E-state index in [0.717, 1.165) is 11.4 Å². The summed E-state index contributed by atoms with van der Waals surface area (Å²) in [5, 5.41) is 0. The minimum atomic E-state index is 0.676. The van der Waals surface area contributed by atoms with Gasteiger partial charge in [-0.05, 0) is 19.4 Å². The molecular formula is C10H20N2S. The molecule has 0 saturated heterocycles. The molecule has 0 amide bonds. The minimum absolute atomic E-state index is 0.676. The van der Waals surface area contributed by atoms with Gasteiger partial charge >= 0.3 is 0 Å². The molecule has 0 aromatic carbocycles. The van der Waals surface area contributed by atoms with Crippen LogP contribution in [-0.2, 0) is 0 Å². The molecule has 0 heterocycles. The van der Waals surface area contributed by atoms with Gasteiger partial charge in [-0.3, -0.25) is 0 Å². The number of thiocarbonyl (C=S) groups is 1. The first-order valence-corrected chi connectivity index (χ1v) is 5.62. The Bertz CT molecular complexity index is 164. The van der Waals surface area contributed by atoms with Crippen molar-refractivity contribution in [3.63, 3.8) is 0 Å². The molecule has 0 spiro atoms. The van der Waals surface area contributed by atoms with Gasteiger partial charge in [-0.2, -0.15) is 0 Å². The average Bonchev–Trinajstić information content (AvgIpc) is 2.18. The molecule has 3 heteroatoms. The first-order chi connectivity index (χ1) is 6.25. The third-order valence-corrected chi connectivity index (χ3v) is 3.37. The molecule has 2 nitrogen and oxygen atoms in total. The lowest BCUT2D eigenvalue weighted by Gasteiger charge is -2.33. The summed E-state index contributed by atoms with van der Waals surface area (Å²) < 4.78 is 0. The highest BCUT2D eigenvalue weighted by molar-refractivity contribution is 7.80. The van der Waals surface area contributed by atoms with Crippen LogP contribution in [0.25, 0.3) is 0 Å². The first-order valence-electron chi connectivity index (χ1n) is 5.21. The lowest BCUT2D eigenvalue weighted by Crippen LogP contribution is -2.38. The maximum absolute atomic E-state index is 5.48. The minimum Gasteiger partial charge on any atom is -0.366 e. The van der Waals surface area contributed by atoms with Crippen LogP contribution >= 0.6 is 12.2 Å². The van der Waals surface area contributed by atoms with Crippen LogP contribution in [0.4, 0.5) is 0 Å². The van der Waals surface area contributed by atoms with Crippen LogP contribution in [0, 0.1) is 0 Å². The van der Waals surface area contributed by atoms with Crippen molar-refractivity contribution in [3.8, 4) is 0 Å². The van der Waals surface area contributed by atoms with Gasteiger partial charge in [0.05, 0.1) is 4.99 Å². The van der Waals surface area contributed by atoms with E-state index in [4.69, 9.17) is 18.0 Å². The van der Waals surface area contributed by atoms with E-state index in [-0.39, 0.29) is 0 Å². The van der Waals surface area contributed by atoms with Gasteiger partial charge in [-0.25, -0.2) is 0 Å². The normalized spacial score (nSPS) is 18.6. The molecule has 0 radical (unpaired) electrons. The summed E-state index contributed by atoms with van der Waals surface area (Å²) in [6.45, 7) is 0.676. The molecule has 0 unspecified atom stereocenters. The summed E-state index contributed by atoms with van der Waals surface area (Å²) in [5.74, 6) is 0. The van der Waals surface area contributed by atoms with Crippen molar-refractivity contribution in [2.45, 2.75) is 44.6 Å². The van der Waals surface area contributed by atoms with Gasteiger partial charge in [-0.1, -0.05) is 31.5 Å². The number of rotatable bonds is 3. The third-order valence-electron chi connectivity index (χ3n) is 2.87. The van der Waals surface area contributed by atoms with E-state index in [2.05, 4.69) is 11.9 Å². The van der Waals surface area contributed by atoms with Crippen LogP contribution in [0.3, 0.4) is 0 Å². The third kappa shape index (κ3) is 3.24. The van der Waals surface area contributed by atoms with Crippen LogP contribution in [0.1, 0.15) is 38.5 Å². The number of nitrogens with zero attached hydrogens (tertiary/aromatic N) is 1. The van der Waals surface area contributed by atoms with Gasteiger partial charge in [0, 0.05) is 19.5 Å². The standard InChI is InChI=1S/C10H20N2S/c1-12(10(13)7-8-11)9-5-3-2-4-6-9/h9H,2-8,11H2,1H3. The van der Waals surface area contributed by atoms with E-state index in [1.165, 1.54) is 32.1 Å². The highest BCUT2D eigenvalue weighted by Crippen LogP contribution is 2.22. The molecule has 76 valence electrons. The number of hydrogen-bond acceptors (Lipinski definition) is 2. The molecular weight excluding hydrogens is 180 g/mol. The summed E-state index contributed by atoms with van der Waals surface area (Å²) in [6.07, 6.45) is 7.60. The van der Waals surface area contributed by atoms with Crippen LogP contribution < -0.4 is 5.73 Å². The predicted molar refractivity (Wildman–Crippen MR) is 60.9 cm³/mol. The quantitative estimate of drug-likeness (QED) is 0.706. The van der Waals surface area contributed by atoms with E-state index in [1.54, 1.807) is 0 Å². The Balaban J connectivity index is 2.35. The first kappa shape index (κ1) is 10.9. The predicted octanol–water partition coefficient (Wildman–Crippen LogP) is 1.93. The van der Waals surface area contributed by atoms with E-state index in [0.29, 0.717) is 12.6 Å². The molecule has 0 bridgehead atoms. The molecule has 0 aromatic rings. The molecule has 2 N–H and O–H groups in total. The summed E-state index contributed by atoms with van der Waals surface area (Å²) in [7, 11) is 2.12. The molecule has 0 aromatic heterocycles. The fourth-order valence-electron chi connectivity index (χ4n) is 1.97. The Labute approximate surface area is 86.5 Å². The molecule has 0 aliphatic heterocycles. The van der Waals surface area contributed by atoms with E-state index in [1.807, 2.05) is 0 Å². The van der Waals surface area contributed by atoms with Crippen molar-refractivity contribution < 1.29 is 0 Å². The zero-order chi connectivity index (χ0) is 9.68. The molecule has 1 aliphatic carbocycles. The maximum atomic E-state index is 5.48. The van der Waals surface area contributed by atoms with Gasteiger partial charge in [0.2, 0.25) is 0 Å². The summed E-state index contributed by atoms with van der Waals surface area (Å²) in [4.78, 5) is 3.30. The largest absolute Gasteiger partial charge is 0.366 e. The summed E-state index contributed by atoms with van der Waals surface area (Å²) in [6, 6.07) is 0.688. The number of hydrogen-bond donors (Lipinski definition) is 1. The lowest BCUT2D eigenvalue weighted by molar-refractivity contribution is 0.278. The molecule has 1 fully saturated rings. The molecule has 1 saturated carbocycles. The second-order valence-electron chi connectivity index (χ2n) is 3.84. The van der Waals surface area contributed by atoms with Gasteiger partial charge in [0.15, 0.2) is 0 Å². The van der Waals surface area contributed by atoms with Crippen molar-refractivity contribution in [2.75, 3.05) is 13.6 Å². The van der Waals surface area contributed by atoms with Gasteiger partial charge in [0.1, 0.15) is 0 Å².